The number of hydrogen-bond acceptors (Lipinski definition) is 4. The Bertz CT molecular complexity index is 375. The number of hydrogen-bond donors (Lipinski definition) is 0. The van der Waals surface area contributed by atoms with Gasteiger partial charge >= 0.3 is 0 Å². The van der Waals surface area contributed by atoms with Crippen molar-refractivity contribution in [2.75, 3.05) is 13.1 Å². The number of oxazole rings is 1. The minimum atomic E-state index is -0.0991. The van der Waals surface area contributed by atoms with Crippen LogP contribution in [0.3, 0.4) is 0 Å². The monoisotopic (exact) mass is 224 g/mol. The molecule has 1 atom stereocenters. The van der Waals surface area contributed by atoms with E-state index in [4.69, 9.17) is 16.6 Å². The molecule has 0 aliphatic carbocycles. The Morgan fingerprint density at radius 2 is 2.53 bits per heavy atom. The van der Waals surface area contributed by atoms with Gasteiger partial charge in [0.25, 0.3) is 5.91 Å². The number of carbonyl (C=O) groups excluding carboxylic acids is 1. The van der Waals surface area contributed by atoms with Gasteiger partial charge < -0.3 is 9.32 Å². The highest BCUT2D eigenvalue weighted by atomic mass is 32.1. The Morgan fingerprint density at radius 3 is 3.13 bits per heavy atom. The summed E-state index contributed by atoms with van der Waals surface area (Å²) in [5.74, 6) is 0.333. The number of carbonyl (C=O) groups is 1. The van der Waals surface area contributed by atoms with Crippen LogP contribution >= 0.6 is 12.2 Å². The number of piperidine rings is 1. The van der Waals surface area contributed by atoms with Crippen LogP contribution in [0.4, 0.5) is 0 Å². The second-order valence-corrected chi connectivity index (χ2v) is 4.28. The largest absolute Gasteiger partial charge is 0.451 e. The van der Waals surface area contributed by atoms with E-state index in [9.17, 15) is 4.79 Å². The van der Waals surface area contributed by atoms with Crippen LogP contribution in [0.15, 0.2) is 17.1 Å². The zero-order valence-electron chi connectivity index (χ0n) is 8.47. The van der Waals surface area contributed by atoms with Crippen molar-refractivity contribution >= 4 is 23.0 Å². The minimum absolute atomic E-state index is 0.0991. The van der Waals surface area contributed by atoms with Crippen molar-refractivity contribution in [2.45, 2.75) is 13.3 Å². The molecule has 4 nitrogen and oxygen atoms in total. The van der Waals surface area contributed by atoms with E-state index in [1.165, 1.54) is 12.7 Å². The molecular weight excluding hydrogens is 212 g/mol. The van der Waals surface area contributed by atoms with Crippen LogP contribution in [-0.4, -0.2) is 33.7 Å². The van der Waals surface area contributed by atoms with Crippen molar-refractivity contribution in [1.29, 1.82) is 0 Å². The van der Waals surface area contributed by atoms with Crippen molar-refractivity contribution in [3.8, 4) is 0 Å². The minimum Gasteiger partial charge on any atom is -0.451 e. The third-order valence-electron chi connectivity index (χ3n) is 2.67. The van der Waals surface area contributed by atoms with Crippen LogP contribution in [0.1, 0.15) is 23.8 Å². The molecule has 1 aromatic heterocycles. The van der Waals surface area contributed by atoms with Crippen molar-refractivity contribution in [1.82, 2.24) is 9.88 Å². The number of likely N-dealkylation sites (tertiary alicyclic amines) is 1. The predicted molar refractivity (Wildman–Crippen MR) is 58.8 cm³/mol. The molecule has 0 N–H and O–H groups in total. The first-order valence-electron chi connectivity index (χ1n) is 4.88. The molecule has 2 heterocycles. The number of nitrogens with zero attached hydrogens (tertiary/aromatic N) is 2. The molecular formula is C10H12N2O2S. The lowest BCUT2D eigenvalue weighted by Crippen LogP contribution is -2.42. The van der Waals surface area contributed by atoms with Gasteiger partial charge in [-0.1, -0.05) is 19.1 Å². The predicted octanol–water partition coefficient (Wildman–Crippen LogP) is 1.53. The zero-order valence-corrected chi connectivity index (χ0v) is 9.29. The summed E-state index contributed by atoms with van der Waals surface area (Å²) in [6, 6.07) is 0. The van der Waals surface area contributed by atoms with Crippen LogP contribution < -0.4 is 0 Å². The maximum Gasteiger partial charge on any atom is 0.276 e. The second kappa shape index (κ2) is 4.10. The molecule has 1 fully saturated rings. The molecule has 1 aliphatic rings. The van der Waals surface area contributed by atoms with Gasteiger partial charge in [-0.2, -0.15) is 0 Å². The first kappa shape index (κ1) is 10.3. The van der Waals surface area contributed by atoms with E-state index in [2.05, 4.69) is 11.9 Å². The first-order valence-corrected chi connectivity index (χ1v) is 5.29. The highest BCUT2D eigenvalue weighted by Gasteiger charge is 2.25. The summed E-state index contributed by atoms with van der Waals surface area (Å²) in [5.41, 5.74) is 0.354. The number of rotatable bonds is 1. The lowest BCUT2D eigenvalue weighted by atomic mass is 9.99. The molecule has 5 heteroatoms. The van der Waals surface area contributed by atoms with Crippen LogP contribution in [0.2, 0.25) is 0 Å². The number of thiocarbonyl (C=S) groups is 1. The molecule has 0 spiro atoms. The maximum absolute atomic E-state index is 11.9. The van der Waals surface area contributed by atoms with E-state index in [-0.39, 0.29) is 5.91 Å². The average molecular weight is 224 g/mol. The van der Waals surface area contributed by atoms with Gasteiger partial charge in [-0.3, -0.25) is 4.79 Å². The summed E-state index contributed by atoms with van der Waals surface area (Å²) in [6.45, 7) is 3.40. The third-order valence-corrected chi connectivity index (χ3v) is 3.20. The second-order valence-electron chi connectivity index (χ2n) is 3.76. The first-order chi connectivity index (χ1) is 7.18. The zero-order chi connectivity index (χ0) is 10.8. The summed E-state index contributed by atoms with van der Waals surface area (Å²) in [5, 5.41) is 0. The molecule has 0 aromatic carbocycles. The SMILES string of the molecule is CC1CCN(C(=O)c2cocn2)CC1=S. The maximum atomic E-state index is 11.9. The Labute approximate surface area is 93.3 Å². The summed E-state index contributed by atoms with van der Waals surface area (Å²) in [4.78, 5) is 18.4. The smallest absolute Gasteiger partial charge is 0.276 e. The van der Waals surface area contributed by atoms with E-state index < -0.39 is 0 Å². The topological polar surface area (TPSA) is 46.3 Å². The average Bonchev–Trinajstić information content (AvgIpc) is 2.74. The fourth-order valence-corrected chi connectivity index (χ4v) is 1.86. The molecule has 1 amide bonds. The van der Waals surface area contributed by atoms with Crippen LogP contribution in [-0.2, 0) is 0 Å². The van der Waals surface area contributed by atoms with Gasteiger partial charge in [-0.15, -0.1) is 0 Å². The van der Waals surface area contributed by atoms with Crippen molar-refractivity contribution in [3.63, 3.8) is 0 Å². The van der Waals surface area contributed by atoms with E-state index in [0.717, 1.165) is 17.8 Å². The van der Waals surface area contributed by atoms with Crippen molar-refractivity contribution in [2.24, 2.45) is 5.92 Å². The highest BCUT2D eigenvalue weighted by molar-refractivity contribution is 7.80. The standard InChI is InChI=1S/C10H12N2O2S/c1-7-2-3-12(4-9(7)15)10(13)8-5-14-6-11-8/h5-7H,2-4H2,1H3. The molecule has 1 unspecified atom stereocenters. The van der Waals surface area contributed by atoms with E-state index in [1.54, 1.807) is 4.90 Å². The quantitative estimate of drug-likeness (QED) is 0.679. The van der Waals surface area contributed by atoms with Gasteiger partial charge in [0.2, 0.25) is 0 Å². The Balaban J connectivity index is 2.07. The molecule has 15 heavy (non-hydrogen) atoms. The van der Waals surface area contributed by atoms with Crippen LogP contribution in [0.5, 0.6) is 0 Å². The lowest BCUT2D eigenvalue weighted by Gasteiger charge is -2.30. The van der Waals surface area contributed by atoms with Crippen LogP contribution in [0, 0.1) is 5.92 Å². The van der Waals surface area contributed by atoms with Gasteiger partial charge in [0.15, 0.2) is 12.1 Å². The molecule has 0 bridgehead atoms. The fourth-order valence-electron chi connectivity index (χ4n) is 1.59. The highest BCUT2D eigenvalue weighted by Crippen LogP contribution is 2.16. The molecule has 1 aliphatic heterocycles. The summed E-state index contributed by atoms with van der Waals surface area (Å²) < 4.78 is 4.78. The van der Waals surface area contributed by atoms with Gasteiger partial charge in [0.05, 0.1) is 6.54 Å². The molecule has 80 valence electrons. The van der Waals surface area contributed by atoms with Crippen molar-refractivity contribution < 1.29 is 9.21 Å². The lowest BCUT2D eigenvalue weighted by molar-refractivity contribution is 0.0757. The van der Waals surface area contributed by atoms with E-state index in [1.807, 2.05) is 0 Å². The summed E-state index contributed by atoms with van der Waals surface area (Å²) in [6.07, 6.45) is 3.56. The summed E-state index contributed by atoms with van der Waals surface area (Å²) >= 11 is 5.22. The summed E-state index contributed by atoms with van der Waals surface area (Å²) in [7, 11) is 0. The molecule has 1 saturated heterocycles. The Kier molecular flexibility index (Phi) is 2.81. The van der Waals surface area contributed by atoms with E-state index in [0.29, 0.717) is 18.2 Å². The van der Waals surface area contributed by atoms with Gasteiger partial charge in [0.1, 0.15) is 6.26 Å². The fraction of sp³-hybridized carbons (Fsp3) is 0.500. The Morgan fingerprint density at radius 1 is 1.73 bits per heavy atom. The third kappa shape index (κ3) is 2.07. The molecule has 2 rings (SSSR count). The number of aromatic nitrogens is 1. The molecule has 0 radical (unpaired) electrons. The normalized spacial score (nSPS) is 21.8. The Hall–Kier alpha value is -1.23. The number of amides is 1. The van der Waals surface area contributed by atoms with Gasteiger partial charge in [0, 0.05) is 11.4 Å². The molecule has 0 saturated carbocycles. The van der Waals surface area contributed by atoms with Crippen molar-refractivity contribution in [3.05, 3.63) is 18.4 Å². The van der Waals surface area contributed by atoms with E-state index >= 15 is 0 Å². The van der Waals surface area contributed by atoms with Crippen LogP contribution in [0.25, 0.3) is 0 Å². The van der Waals surface area contributed by atoms with Gasteiger partial charge in [-0.25, -0.2) is 4.98 Å². The van der Waals surface area contributed by atoms with Gasteiger partial charge in [-0.05, 0) is 12.3 Å². The molecule has 1 aromatic rings.